The molecule has 94 valence electrons. The van der Waals surface area contributed by atoms with E-state index in [1.54, 1.807) is 0 Å². The van der Waals surface area contributed by atoms with E-state index in [0.717, 1.165) is 30.8 Å². The van der Waals surface area contributed by atoms with E-state index in [2.05, 4.69) is 0 Å². The Labute approximate surface area is 103 Å². The topological polar surface area (TPSA) is 44.5 Å². The molecule has 1 aliphatic rings. The van der Waals surface area contributed by atoms with Crippen LogP contribution in [-0.2, 0) is 4.74 Å². The van der Waals surface area contributed by atoms with Gasteiger partial charge in [-0.3, -0.25) is 0 Å². The van der Waals surface area contributed by atoms with Gasteiger partial charge in [0.1, 0.15) is 5.75 Å². The predicted octanol–water partition coefficient (Wildman–Crippen LogP) is 2.65. The molecule has 1 fully saturated rings. The number of benzene rings is 1. The van der Waals surface area contributed by atoms with Gasteiger partial charge in [-0.1, -0.05) is 18.2 Å². The van der Waals surface area contributed by atoms with Crippen LogP contribution in [0.2, 0.25) is 0 Å². The quantitative estimate of drug-likeness (QED) is 0.853. The molecule has 1 heterocycles. The zero-order valence-corrected chi connectivity index (χ0v) is 10.4. The van der Waals surface area contributed by atoms with Crippen molar-refractivity contribution in [2.75, 3.05) is 13.2 Å². The smallest absolute Gasteiger partial charge is 0.124 e. The van der Waals surface area contributed by atoms with E-state index >= 15 is 0 Å². The summed E-state index contributed by atoms with van der Waals surface area (Å²) in [6.07, 6.45) is 3.70. The van der Waals surface area contributed by atoms with E-state index in [-0.39, 0.29) is 6.04 Å². The molecule has 1 saturated heterocycles. The van der Waals surface area contributed by atoms with Crippen LogP contribution in [0.5, 0.6) is 5.75 Å². The molecular formula is C14H21NO2. The third-order valence-electron chi connectivity index (χ3n) is 3.13. The summed E-state index contributed by atoms with van der Waals surface area (Å²) in [6, 6.07) is 7.98. The standard InChI is InChI=1S/C14H21NO2/c1-11(15)13-6-2-3-7-14(13)17-10-8-12-5-4-9-16-12/h2-3,6-7,11-12H,4-5,8-10,15H2,1H3/t11-,12?/m1/s1. The fourth-order valence-corrected chi connectivity index (χ4v) is 2.16. The van der Waals surface area contributed by atoms with Crippen LogP contribution in [0.15, 0.2) is 24.3 Å². The van der Waals surface area contributed by atoms with Crippen LogP contribution in [0.1, 0.15) is 37.8 Å². The minimum absolute atomic E-state index is 0.00827. The SMILES string of the molecule is C[C@@H](N)c1ccccc1OCCC1CCCO1. The molecule has 1 aliphatic heterocycles. The number of ether oxygens (including phenoxy) is 2. The Balaban J connectivity index is 1.85. The first-order valence-electron chi connectivity index (χ1n) is 6.36. The zero-order chi connectivity index (χ0) is 12.1. The summed E-state index contributed by atoms with van der Waals surface area (Å²) in [5, 5.41) is 0. The predicted molar refractivity (Wildman–Crippen MR) is 68.1 cm³/mol. The Bertz CT molecular complexity index is 346. The summed E-state index contributed by atoms with van der Waals surface area (Å²) in [5.74, 6) is 0.903. The second-order valence-electron chi connectivity index (χ2n) is 4.60. The van der Waals surface area contributed by atoms with Gasteiger partial charge >= 0.3 is 0 Å². The number of rotatable bonds is 5. The number of hydrogen-bond acceptors (Lipinski definition) is 3. The van der Waals surface area contributed by atoms with Crippen molar-refractivity contribution in [3.63, 3.8) is 0 Å². The Morgan fingerprint density at radius 2 is 2.29 bits per heavy atom. The maximum Gasteiger partial charge on any atom is 0.124 e. The minimum atomic E-state index is 0.00827. The van der Waals surface area contributed by atoms with E-state index in [0.29, 0.717) is 12.7 Å². The Hall–Kier alpha value is -1.06. The molecule has 0 radical (unpaired) electrons. The third-order valence-corrected chi connectivity index (χ3v) is 3.13. The first kappa shape index (κ1) is 12.4. The van der Waals surface area contributed by atoms with Crippen LogP contribution >= 0.6 is 0 Å². The normalized spacial score (nSPS) is 21.4. The molecule has 17 heavy (non-hydrogen) atoms. The minimum Gasteiger partial charge on any atom is -0.493 e. The van der Waals surface area contributed by atoms with Crippen LogP contribution in [-0.4, -0.2) is 19.3 Å². The first-order chi connectivity index (χ1) is 8.27. The molecule has 2 atom stereocenters. The van der Waals surface area contributed by atoms with Crippen molar-refractivity contribution < 1.29 is 9.47 Å². The lowest BCUT2D eigenvalue weighted by Crippen LogP contribution is -2.13. The van der Waals surface area contributed by atoms with E-state index in [1.807, 2.05) is 31.2 Å². The van der Waals surface area contributed by atoms with Crippen LogP contribution in [0.25, 0.3) is 0 Å². The number of hydrogen-bond donors (Lipinski definition) is 1. The average molecular weight is 235 g/mol. The maximum atomic E-state index is 5.90. The lowest BCUT2D eigenvalue weighted by atomic mass is 10.1. The van der Waals surface area contributed by atoms with Crippen molar-refractivity contribution in [1.82, 2.24) is 0 Å². The highest BCUT2D eigenvalue weighted by Crippen LogP contribution is 2.24. The summed E-state index contributed by atoms with van der Waals surface area (Å²) < 4.78 is 11.4. The summed E-state index contributed by atoms with van der Waals surface area (Å²) in [5.41, 5.74) is 6.97. The molecule has 3 heteroatoms. The molecule has 1 aromatic rings. The molecule has 0 aliphatic carbocycles. The highest BCUT2D eigenvalue weighted by atomic mass is 16.5. The van der Waals surface area contributed by atoms with Gasteiger partial charge < -0.3 is 15.2 Å². The second-order valence-corrected chi connectivity index (χ2v) is 4.60. The van der Waals surface area contributed by atoms with Crippen molar-refractivity contribution in [2.24, 2.45) is 5.73 Å². The van der Waals surface area contributed by atoms with Crippen molar-refractivity contribution >= 4 is 0 Å². The van der Waals surface area contributed by atoms with Gasteiger partial charge in [0.2, 0.25) is 0 Å². The van der Waals surface area contributed by atoms with Crippen LogP contribution in [0.3, 0.4) is 0 Å². The molecule has 3 nitrogen and oxygen atoms in total. The molecule has 0 spiro atoms. The molecule has 0 saturated carbocycles. The van der Waals surface area contributed by atoms with E-state index in [1.165, 1.54) is 6.42 Å². The Kier molecular flexibility index (Phi) is 4.40. The van der Waals surface area contributed by atoms with Gasteiger partial charge in [-0.15, -0.1) is 0 Å². The molecule has 1 aromatic carbocycles. The van der Waals surface area contributed by atoms with Gasteiger partial charge in [-0.05, 0) is 25.8 Å². The van der Waals surface area contributed by atoms with E-state index < -0.39 is 0 Å². The zero-order valence-electron chi connectivity index (χ0n) is 10.4. The lowest BCUT2D eigenvalue weighted by molar-refractivity contribution is 0.0902. The lowest BCUT2D eigenvalue weighted by Gasteiger charge is -2.15. The highest BCUT2D eigenvalue weighted by Gasteiger charge is 2.15. The van der Waals surface area contributed by atoms with Crippen molar-refractivity contribution in [3.05, 3.63) is 29.8 Å². The van der Waals surface area contributed by atoms with Crippen molar-refractivity contribution in [2.45, 2.75) is 38.3 Å². The van der Waals surface area contributed by atoms with E-state index in [9.17, 15) is 0 Å². The molecular weight excluding hydrogens is 214 g/mol. The van der Waals surface area contributed by atoms with Crippen molar-refractivity contribution in [1.29, 1.82) is 0 Å². The third kappa shape index (κ3) is 3.45. The molecule has 1 unspecified atom stereocenters. The Morgan fingerprint density at radius 3 is 3.00 bits per heavy atom. The number of para-hydroxylation sites is 1. The van der Waals surface area contributed by atoms with Crippen LogP contribution in [0.4, 0.5) is 0 Å². The van der Waals surface area contributed by atoms with Gasteiger partial charge in [0.15, 0.2) is 0 Å². The Morgan fingerprint density at radius 1 is 1.47 bits per heavy atom. The van der Waals surface area contributed by atoms with Crippen LogP contribution < -0.4 is 10.5 Å². The van der Waals surface area contributed by atoms with Gasteiger partial charge in [0.25, 0.3) is 0 Å². The van der Waals surface area contributed by atoms with Gasteiger partial charge in [-0.25, -0.2) is 0 Å². The van der Waals surface area contributed by atoms with Gasteiger partial charge in [0.05, 0.1) is 12.7 Å². The fourth-order valence-electron chi connectivity index (χ4n) is 2.16. The molecule has 0 amide bonds. The molecule has 2 N–H and O–H groups in total. The molecule has 0 bridgehead atoms. The van der Waals surface area contributed by atoms with E-state index in [4.69, 9.17) is 15.2 Å². The molecule has 0 aromatic heterocycles. The highest BCUT2D eigenvalue weighted by molar-refractivity contribution is 5.35. The summed E-state index contributed by atoms with van der Waals surface area (Å²) in [4.78, 5) is 0. The van der Waals surface area contributed by atoms with Gasteiger partial charge in [0, 0.05) is 24.6 Å². The second kappa shape index (κ2) is 6.03. The van der Waals surface area contributed by atoms with Crippen LogP contribution in [0, 0.1) is 0 Å². The molecule has 2 rings (SSSR count). The van der Waals surface area contributed by atoms with Crippen molar-refractivity contribution in [3.8, 4) is 5.75 Å². The summed E-state index contributed by atoms with van der Waals surface area (Å²) in [6.45, 7) is 3.58. The van der Waals surface area contributed by atoms with Gasteiger partial charge in [-0.2, -0.15) is 0 Å². The number of nitrogens with two attached hydrogens (primary N) is 1. The maximum absolute atomic E-state index is 5.90. The fraction of sp³-hybridized carbons (Fsp3) is 0.571. The largest absolute Gasteiger partial charge is 0.493 e. The monoisotopic (exact) mass is 235 g/mol. The first-order valence-corrected chi connectivity index (χ1v) is 6.36. The summed E-state index contributed by atoms with van der Waals surface area (Å²) >= 11 is 0. The average Bonchev–Trinajstić information content (AvgIpc) is 2.82. The summed E-state index contributed by atoms with van der Waals surface area (Å²) in [7, 11) is 0.